The fourth-order valence-electron chi connectivity index (χ4n) is 5.48. The summed E-state index contributed by atoms with van der Waals surface area (Å²) in [5.74, 6) is 0. The number of likely N-dealkylation sites (tertiary alicyclic amines) is 1. The van der Waals surface area contributed by atoms with Gasteiger partial charge in [-0.25, -0.2) is 4.79 Å². The smallest absolute Gasteiger partial charge is 0.314 e. The largest absolute Gasteiger partial charge is 0.396 e. The molecule has 10 heteroatoms. The first-order valence-corrected chi connectivity index (χ1v) is 14.1. The average molecular weight is 624 g/mol. The van der Waals surface area contributed by atoms with Gasteiger partial charge in [-0.3, -0.25) is 4.98 Å². The van der Waals surface area contributed by atoms with Crippen LogP contribution in [0.15, 0.2) is 79.0 Å². The van der Waals surface area contributed by atoms with Crippen molar-refractivity contribution in [2.24, 2.45) is 0 Å². The number of nitrogens with one attached hydrogen (secondary N) is 2. The highest BCUT2D eigenvalue weighted by Crippen LogP contribution is 2.37. The summed E-state index contributed by atoms with van der Waals surface area (Å²) >= 11 is 6.04. The van der Waals surface area contributed by atoms with E-state index in [1.54, 1.807) is 6.20 Å². The molecular weight excluding hydrogens is 583 g/mol. The number of pyridine rings is 1. The van der Waals surface area contributed by atoms with Gasteiger partial charge in [-0.2, -0.15) is 0 Å². The molecule has 4 N–H and O–H groups in total. The second-order valence-electron chi connectivity index (χ2n) is 10.3. The number of hydrogen-bond donors (Lipinski definition) is 4. The maximum Gasteiger partial charge on any atom is 0.314 e. The summed E-state index contributed by atoms with van der Waals surface area (Å²) in [4.78, 5) is 19.7. The van der Waals surface area contributed by atoms with E-state index in [0.717, 1.165) is 49.3 Å². The molecule has 2 amide bonds. The number of halogens is 3. The summed E-state index contributed by atoms with van der Waals surface area (Å²) in [6.45, 7) is 3.37. The summed E-state index contributed by atoms with van der Waals surface area (Å²) < 4.78 is 0. The second-order valence-corrected chi connectivity index (χ2v) is 10.8. The van der Waals surface area contributed by atoms with Gasteiger partial charge in [0.25, 0.3) is 0 Å². The summed E-state index contributed by atoms with van der Waals surface area (Å²) in [7, 11) is 0. The van der Waals surface area contributed by atoms with Crippen LogP contribution in [0.2, 0.25) is 5.02 Å². The lowest BCUT2D eigenvalue weighted by Gasteiger charge is -2.39. The maximum atomic E-state index is 12.6. The van der Waals surface area contributed by atoms with Gasteiger partial charge in [0.1, 0.15) is 0 Å². The van der Waals surface area contributed by atoms with Crippen molar-refractivity contribution in [3.05, 3.63) is 101 Å². The monoisotopic (exact) mass is 622 g/mol. The first-order chi connectivity index (χ1) is 18.9. The number of aromatic nitrogens is 1. The van der Waals surface area contributed by atoms with Crippen LogP contribution in [0.5, 0.6) is 0 Å². The van der Waals surface area contributed by atoms with Gasteiger partial charge in [0.15, 0.2) is 0 Å². The molecule has 1 fully saturated rings. The van der Waals surface area contributed by atoms with Crippen molar-refractivity contribution in [3.8, 4) is 0 Å². The Hall–Kier alpha value is -2.39. The number of amides is 2. The van der Waals surface area contributed by atoms with Crippen LogP contribution in [0, 0.1) is 0 Å². The first-order valence-electron chi connectivity index (χ1n) is 13.8. The molecule has 4 rings (SSSR count). The summed E-state index contributed by atoms with van der Waals surface area (Å²) in [5.41, 5.74) is 1.62. The summed E-state index contributed by atoms with van der Waals surface area (Å²) in [5, 5.41) is 26.9. The Morgan fingerprint density at radius 3 is 2.27 bits per heavy atom. The molecule has 1 aromatic heterocycles. The van der Waals surface area contributed by atoms with E-state index in [-0.39, 0.29) is 37.5 Å². The minimum absolute atomic E-state index is 0. The summed E-state index contributed by atoms with van der Waals surface area (Å²) in [6.07, 6.45) is 5.36. The number of hydrogen-bond acceptors (Lipinski definition) is 5. The molecule has 0 bridgehead atoms. The van der Waals surface area contributed by atoms with Crippen LogP contribution in [0.1, 0.15) is 48.9 Å². The third-order valence-electron chi connectivity index (χ3n) is 7.80. The van der Waals surface area contributed by atoms with Crippen molar-refractivity contribution in [3.63, 3.8) is 0 Å². The molecule has 224 valence electrons. The number of rotatable bonds is 12. The molecule has 1 saturated heterocycles. The highest BCUT2D eigenvalue weighted by molar-refractivity contribution is 6.30. The third-order valence-corrected chi connectivity index (χ3v) is 8.05. The molecule has 3 aromatic rings. The molecule has 1 aliphatic heterocycles. The van der Waals surface area contributed by atoms with Gasteiger partial charge in [0.2, 0.25) is 0 Å². The Morgan fingerprint density at radius 2 is 1.63 bits per heavy atom. The highest BCUT2D eigenvalue weighted by atomic mass is 35.5. The lowest BCUT2D eigenvalue weighted by atomic mass is 9.73. The first kappa shape index (κ1) is 34.8. The molecule has 1 aliphatic rings. The highest BCUT2D eigenvalue weighted by Gasteiger charge is 2.37. The van der Waals surface area contributed by atoms with Crippen LogP contribution in [0.3, 0.4) is 0 Å². The molecular formula is C31H41Cl3N4O3. The molecule has 1 atom stereocenters. The Morgan fingerprint density at radius 1 is 0.951 bits per heavy atom. The summed E-state index contributed by atoms with van der Waals surface area (Å²) in [6, 6.07) is 23.4. The number of nitrogens with zero attached hydrogens (tertiary/aromatic N) is 2. The second kappa shape index (κ2) is 16.9. The van der Waals surface area contributed by atoms with Crippen molar-refractivity contribution >= 4 is 42.4 Å². The van der Waals surface area contributed by atoms with Gasteiger partial charge < -0.3 is 25.7 Å². The zero-order chi connectivity index (χ0) is 27.6. The normalized spacial score (nSPS) is 16.0. The van der Waals surface area contributed by atoms with Gasteiger partial charge in [0.05, 0.1) is 16.7 Å². The molecule has 41 heavy (non-hydrogen) atoms. The molecule has 1 unspecified atom stereocenters. The van der Waals surface area contributed by atoms with Crippen LogP contribution in [-0.4, -0.2) is 65.5 Å². The van der Waals surface area contributed by atoms with E-state index in [1.807, 2.05) is 60.7 Å². The van der Waals surface area contributed by atoms with E-state index >= 15 is 0 Å². The van der Waals surface area contributed by atoms with E-state index in [0.29, 0.717) is 37.4 Å². The minimum atomic E-state index is -0.823. The topological polar surface area (TPSA) is 97.7 Å². The average Bonchev–Trinajstić information content (AvgIpc) is 2.97. The minimum Gasteiger partial charge on any atom is -0.396 e. The van der Waals surface area contributed by atoms with Crippen molar-refractivity contribution in [1.82, 2.24) is 20.5 Å². The van der Waals surface area contributed by atoms with Gasteiger partial charge in [-0.15, -0.1) is 24.8 Å². The predicted molar refractivity (Wildman–Crippen MR) is 169 cm³/mol. The van der Waals surface area contributed by atoms with Crippen molar-refractivity contribution in [2.45, 2.75) is 43.1 Å². The van der Waals surface area contributed by atoms with Crippen molar-refractivity contribution in [2.75, 3.05) is 39.3 Å². The number of aliphatic hydroxyl groups excluding tert-OH is 1. The molecule has 0 aliphatic carbocycles. The van der Waals surface area contributed by atoms with E-state index < -0.39 is 11.0 Å². The number of aliphatic hydroxyl groups is 2. The Labute approximate surface area is 260 Å². The number of benzene rings is 2. The Bertz CT molecular complexity index is 1120. The van der Waals surface area contributed by atoms with Gasteiger partial charge in [-0.1, -0.05) is 60.1 Å². The van der Waals surface area contributed by atoms with Crippen LogP contribution < -0.4 is 10.6 Å². The van der Waals surface area contributed by atoms with E-state index in [2.05, 4.69) is 27.7 Å². The van der Waals surface area contributed by atoms with Gasteiger partial charge >= 0.3 is 6.03 Å². The number of carbonyl (C=O) groups is 1. The standard InChI is InChI=1S/C31H39ClN4O3.2ClH/c32-27-13-11-26(12-14-27)31(39)16-21-36(22-17-31)20-6-15-30(25-8-2-1-3-9-25,28-10-4-5-18-33-28)24-35-29(38)34-19-7-23-37;;/h1-5,8-14,18,37,39H,6-7,15-17,19-24H2,(H2,34,35,38);2*1H. The third kappa shape index (κ3) is 9.30. The molecule has 7 nitrogen and oxygen atoms in total. The van der Waals surface area contributed by atoms with Crippen molar-refractivity contribution in [1.29, 1.82) is 0 Å². The molecule has 0 radical (unpaired) electrons. The van der Waals surface area contributed by atoms with Crippen LogP contribution in [-0.2, 0) is 11.0 Å². The number of urea groups is 1. The lowest BCUT2D eigenvalue weighted by Crippen LogP contribution is -2.47. The van der Waals surface area contributed by atoms with E-state index in [4.69, 9.17) is 21.7 Å². The van der Waals surface area contributed by atoms with Crippen molar-refractivity contribution < 1.29 is 15.0 Å². The SMILES string of the molecule is Cl.Cl.O=C(NCCCO)NCC(CCCN1CCC(O)(c2ccc(Cl)cc2)CC1)(c1ccccc1)c1ccccn1. The van der Waals surface area contributed by atoms with E-state index in [1.165, 1.54) is 0 Å². The van der Waals surface area contributed by atoms with E-state index in [9.17, 15) is 9.90 Å². The zero-order valence-corrected chi connectivity index (χ0v) is 25.6. The predicted octanol–water partition coefficient (Wildman–Crippen LogP) is 5.31. The quantitative estimate of drug-likeness (QED) is 0.205. The zero-order valence-electron chi connectivity index (χ0n) is 23.2. The fraction of sp³-hybridized carbons (Fsp3) is 0.419. The maximum absolute atomic E-state index is 12.6. The van der Waals surface area contributed by atoms with Gasteiger partial charge in [-0.05, 0) is 74.0 Å². The molecule has 2 aromatic carbocycles. The van der Waals surface area contributed by atoms with Crippen LogP contribution in [0.25, 0.3) is 0 Å². The number of carbonyl (C=O) groups excluding carboxylic acids is 1. The van der Waals surface area contributed by atoms with Crippen LogP contribution in [0.4, 0.5) is 4.79 Å². The van der Waals surface area contributed by atoms with Crippen LogP contribution >= 0.6 is 36.4 Å². The lowest BCUT2D eigenvalue weighted by molar-refractivity contribution is -0.0262. The molecule has 2 heterocycles. The Balaban J connectivity index is 0.00000294. The Kier molecular flexibility index (Phi) is 14.4. The molecule has 0 saturated carbocycles. The van der Waals surface area contributed by atoms with Gasteiger partial charge in [0, 0.05) is 44.0 Å². The molecule has 0 spiro atoms. The fourth-order valence-corrected chi connectivity index (χ4v) is 5.60. The number of piperidine rings is 1.